The number of anilines is 1. The average Bonchev–Trinajstić information content (AvgIpc) is 3.56. The molecule has 0 unspecified atom stereocenters. The molecule has 0 bridgehead atoms. The van der Waals surface area contributed by atoms with Gasteiger partial charge in [-0.1, -0.05) is 32.0 Å². The zero-order chi connectivity index (χ0) is 32.1. The smallest absolute Gasteiger partial charge is 0.459 e. The van der Waals surface area contributed by atoms with E-state index in [4.69, 9.17) is 33.7 Å². The molecule has 3 aromatic rings. The monoisotopic (exact) mass is 633 g/mol. The molecule has 1 aliphatic heterocycles. The van der Waals surface area contributed by atoms with E-state index in [1.165, 1.54) is 24.9 Å². The highest BCUT2D eigenvalue weighted by Gasteiger charge is 2.59. The van der Waals surface area contributed by atoms with Crippen LogP contribution in [0.25, 0.3) is 5.52 Å². The van der Waals surface area contributed by atoms with Crippen molar-refractivity contribution in [3.63, 3.8) is 0 Å². The van der Waals surface area contributed by atoms with Crippen LogP contribution in [0.4, 0.5) is 5.82 Å². The van der Waals surface area contributed by atoms with Crippen molar-refractivity contribution in [1.82, 2.24) is 19.7 Å². The van der Waals surface area contributed by atoms with E-state index in [1.54, 1.807) is 63.2 Å². The predicted molar refractivity (Wildman–Crippen MR) is 155 cm³/mol. The maximum absolute atomic E-state index is 14.1. The van der Waals surface area contributed by atoms with Crippen LogP contribution in [0.3, 0.4) is 0 Å². The van der Waals surface area contributed by atoms with Crippen LogP contribution in [0.5, 0.6) is 5.75 Å². The second-order valence-electron chi connectivity index (χ2n) is 10.2. The third-order valence-electron chi connectivity index (χ3n) is 6.90. The zero-order valence-corrected chi connectivity index (χ0v) is 25.9. The Balaban J connectivity index is 1.73. The van der Waals surface area contributed by atoms with Gasteiger partial charge in [0.2, 0.25) is 0 Å². The number of methoxy groups -OCH3 is 1. The van der Waals surface area contributed by atoms with E-state index in [0.29, 0.717) is 11.2 Å². The second-order valence-corrected chi connectivity index (χ2v) is 11.9. The summed E-state index contributed by atoms with van der Waals surface area (Å²) in [4.78, 5) is 41.5. The van der Waals surface area contributed by atoms with Crippen LogP contribution < -0.4 is 15.3 Å². The van der Waals surface area contributed by atoms with Gasteiger partial charge in [0.15, 0.2) is 18.0 Å². The van der Waals surface area contributed by atoms with E-state index < -0.39 is 62.2 Å². The first-order chi connectivity index (χ1) is 20.9. The summed E-state index contributed by atoms with van der Waals surface area (Å²) in [5.41, 5.74) is 5.35. The molecule has 3 heterocycles. The van der Waals surface area contributed by atoms with Gasteiger partial charge in [-0.2, -0.15) is 10.2 Å². The molecular formula is C28H36N5O10P. The topological polar surface area (TPSA) is 192 Å². The Kier molecular flexibility index (Phi) is 10.3. The molecule has 44 heavy (non-hydrogen) atoms. The summed E-state index contributed by atoms with van der Waals surface area (Å²) in [6.07, 6.45) is -2.14. The van der Waals surface area contributed by atoms with Crippen LogP contribution in [0, 0.1) is 0 Å². The Morgan fingerprint density at radius 2 is 1.80 bits per heavy atom. The van der Waals surface area contributed by atoms with Crippen LogP contribution in [0.1, 0.15) is 52.3 Å². The predicted octanol–water partition coefficient (Wildman–Crippen LogP) is 3.14. The number of benzene rings is 1. The van der Waals surface area contributed by atoms with Crippen LogP contribution >= 0.6 is 7.75 Å². The molecule has 1 saturated heterocycles. The molecule has 1 aliphatic rings. The van der Waals surface area contributed by atoms with Gasteiger partial charge >= 0.3 is 25.7 Å². The normalized spacial score (nSPS) is 23.4. The molecule has 2 aromatic heterocycles. The van der Waals surface area contributed by atoms with Gasteiger partial charge in [0.25, 0.3) is 0 Å². The van der Waals surface area contributed by atoms with Crippen LogP contribution in [-0.2, 0) is 42.4 Å². The molecule has 0 saturated carbocycles. The lowest BCUT2D eigenvalue weighted by molar-refractivity contribution is -0.171. The van der Waals surface area contributed by atoms with Gasteiger partial charge in [-0.05, 0) is 38.1 Å². The highest BCUT2D eigenvalue weighted by molar-refractivity contribution is 7.52. The molecule has 6 atom stereocenters. The number of esters is 3. The van der Waals surface area contributed by atoms with Crippen LogP contribution in [0.15, 0.2) is 48.8 Å². The van der Waals surface area contributed by atoms with Crippen molar-refractivity contribution in [2.24, 2.45) is 0 Å². The van der Waals surface area contributed by atoms with Gasteiger partial charge < -0.3 is 29.2 Å². The first kappa shape index (κ1) is 32.9. The van der Waals surface area contributed by atoms with E-state index in [-0.39, 0.29) is 24.4 Å². The van der Waals surface area contributed by atoms with Crippen molar-refractivity contribution in [1.29, 1.82) is 0 Å². The molecule has 0 aliphatic carbocycles. The first-order valence-electron chi connectivity index (χ1n) is 13.9. The Labute approximate surface area is 253 Å². The number of nitrogen functional groups attached to an aromatic ring is 1. The molecule has 0 amide bonds. The summed E-state index contributed by atoms with van der Waals surface area (Å²) in [6, 6.07) is 10.4. The van der Waals surface area contributed by atoms with E-state index in [1.807, 2.05) is 0 Å². The van der Waals surface area contributed by atoms with Crippen LogP contribution in [0.2, 0.25) is 0 Å². The largest absolute Gasteiger partial charge is 0.468 e. The number of hydrogen-bond donors (Lipinski definition) is 2. The highest BCUT2D eigenvalue weighted by atomic mass is 31.2. The third-order valence-corrected chi connectivity index (χ3v) is 8.52. The third kappa shape index (κ3) is 7.18. The quantitative estimate of drug-likeness (QED) is 0.158. The Morgan fingerprint density at radius 1 is 1.11 bits per heavy atom. The van der Waals surface area contributed by atoms with Gasteiger partial charge in [0.05, 0.1) is 19.4 Å². The number of nitrogens with zero attached hydrogens (tertiary/aromatic N) is 3. The number of rotatable bonds is 13. The SMILES string of the molecule is CCC(=O)O[C@H]1[C@H](c2ccc3c(N)ncnn23)O[C@](C)(CO[P@](=O)(N[C@@H](C)C(=O)OC)Oc2ccccc2)[C@H]1OC(=O)CC. The summed E-state index contributed by atoms with van der Waals surface area (Å²) >= 11 is 0. The number of nitrogens with two attached hydrogens (primary N) is 1. The van der Waals surface area contributed by atoms with Crippen molar-refractivity contribution in [3.8, 4) is 5.75 Å². The minimum atomic E-state index is -4.33. The summed E-state index contributed by atoms with van der Waals surface area (Å²) in [6.45, 7) is 5.71. The molecule has 1 fully saturated rings. The molecule has 15 nitrogen and oxygen atoms in total. The molecule has 4 rings (SSSR count). The molecule has 0 radical (unpaired) electrons. The molecule has 16 heteroatoms. The molecule has 0 spiro atoms. The molecule has 3 N–H and O–H groups in total. The van der Waals surface area contributed by atoms with E-state index in [2.05, 4.69) is 15.2 Å². The summed E-state index contributed by atoms with van der Waals surface area (Å²) in [5.74, 6) is -1.49. The molecular weight excluding hydrogens is 597 g/mol. The number of hydrogen-bond acceptors (Lipinski definition) is 13. The van der Waals surface area contributed by atoms with Gasteiger partial charge in [-0.25, -0.2) is 14.1 Å². The second kappa shape index (κ2) is 13.7. The van der Waals surface area contributed by atoms with Gasteiger partial charge in [-0.3, -0.25) is 18.9 Å². The number of carbonyl (C=O) groups is 3. The van der Waals surface area contributed by atoms with Crippen LogP contribution in [-0.4, -0.2) is 70.1 Å². The van der Waals surface area contributed by atoms with Crippen molar-refractivity contribution in [3.05, 3.63) is 54.5 Å². The minimum Gasteiger partial charge on any atom is -0.468 e. The summed E-state index contributed by atoms with van der Waals surface area (Å²) < 4.78 is 50.0. The minimum absolute atomic E-state index is 0.0121. The van der Waals surface area contributed by atoms with Crippen molar-refractivity contribution >= 4 is 37.0 Å². The Morgan fingerprint density at radius 3 is 2.45 bits per heavy atom. The lowest BCUT2D eigenvalue weighted by Gasteiger charge is -2.32. The standard InChI is InChI=1S/C28H36N5O10P/c1-6-21(34)40-24-23(19-13-14-20-26(29)30-16-31-33(19)20)42-28(4,25(24)41-22(35)7-2)15-39-44(37,32-17(3)27(36)38-5)43-18-11-9-8-10-12-18/h8-14,16-17,23-25H,6-7,15H2,1-5H3,(H,32,37)(H2,29,30,31)/t17-,23-,24-,25-,28+,44+/m0/s1. The number of aromatic nitrogens is 3. The first-order valence-corrected chi connectivity index (χ1v) is 15.5. The lowest BCUT2D eigenvalue weighted by atomic mass is 9.96. The molecule has 238 valence electrons. The summed E-state index contributed by atoms with van der Waals surface area (Å²) in [7, 11) is -3.14. The maximum atomic E-state index is 14.1. The zero-order valence-electron chi connectivity index (χ0n) is 25.0. The average molecular weight is 634 g/mol. The Bertz CT molecular complexity index is 1540. The van der Waals surface area contributed by atoms with Crippen molar-refractivity contribution in [2.45, 2.75) is 70.5 Å². The Hall–Kier alpha value is -4.04. The number of fused-ring (bicyclic) bond motifs is 1. The van der Waals surface area contributed by atoms with E-state index >= 15 is 0 Å². The van der Waals surface area contributed by atoms with Gasteiger partial charge in [-0.15, -0.1) is 0 Å². The van der Waals surface area contributed by atoms with Crippen molar-refractivity contribution in [2.75, 3.05) is 19.5 Å². The highest BCUT2D eigenvalue weighted by Crippen LogP contribution is 2.50. The van der Waals surface area contributed by atoms with E-state index in [0.717, 1.165) is 0 Å². The van der Waals surface area contributed by atoms with E-state index in [9.17, 15) is 18.9 Å². The van der Waals surface area contributed by atoms with Crippen molar-refractivity contribution < 1.29 is 46.9 Å². The maximum Gasteiger partial charge on any atom is 0.459 e. The summed E-state index contributed by atoms with van der Waals surface area (Å²) in [5, 5.41) is 6.84. The van der Waals surface area contributed by atoms with Gasteiger partial charge in [0.1, 0.15) is 35.3 Å². The fourth-order valence-corrected chi connectivity index (χ4v) is 6.21. The lowest BCUT2D eigenvalue weighted by Crippen LogP contribution is -2.48. The fourth-order valence-electron chi connectivity index (χ4n) is 4.63. The van der Waals surface area contributed by atoms with Gasteiger partial charge in [0, 0.05) is 12.8 Å². The number of carbonyl (C=O) groups excluding carboxylic acids is 3. The number of nitrogens with one attached hydrogen (secondary N) is 1. The number of para-hydroxylation sites is 1. The fraction of sp³-hybridized carbons (Fsp3) is 0.464. The number of ether oxygens (including phenoxy) is 4. The molecule has 1 aromatic carbocycles.